The van der Waals surface area contributed by atoms with Gasteiger partial charge in [0, 0.05) is 19.8 Å². The van der Waals surface area contributed by atoms with Gasteiger partial charge in [0.2, 0.25) is 17.7 Å². The molecule has 0 unspecified atom stereocenters. The fourth-order valence-corrected chi connectivity index (χ4v) is 7.64. The van der Waals surface area contributed by atoms with Crippen LogP contribution in [-0.2, 0) is 52.4 Å². The maximum absolute atomic E-state index is 12.9. The Bertz CT molecular complexity index is 1670. The van der Waals surface area contributed by atoms with E-state index in [0.29, 0.717) is 0 Å². The fourth-order valence-electron chi connectivity index (χ4n) is 7.64. The van der Waals surface area contributed by atoms with E-state index in [4.69, 9.17) is 28.4 Å². The normalized spacial score (nSPS) is 35.6. The largest absolute Gasteiger partial charge is 0.477 e. The molecule has 394 valence electrons. The lowest BCUT2D eigenvalue weighted by molar-refractivity contribution is -0.376. The average molecular weight is 1000 g/mol. The van der Waals surface area contributed by atoms with E-state index < -0.39 is 216 Å². The van der Waals surface area contributed by atoms with Gasteiger partial charge in [-0.1, -0.05) is 0 Å². The Morgan fingerprint density at radius 2 is 1.15 bits per heavy atom. The number of nitrogens with one attached hydrogen (secondary N) is 3. The molecule has 3 saturated heterocycles. The zero-order chi connectivity index (χ0) is 51.6. The van der Waals surface area contributed by atoms with Gasteiger partial charge < -0.3 is 136 Å². The zero-order valence-corrected chi connectivity index (χ0v) is 35.9. The lowest BCUT2D eigenvalue weighted by atomic mass is 9.88. The Kier molecular flexibility index (Phi) is 22.1. The molecule has 68 heavy (non-hydrogen) atoms. The highest BCUT2D eigenvalue weighted by molar-refractivity contribution is 5.79. The lowest BCUT2D eigenvalue weighted by Gasteiger charge is -2.50. The van der Waals surface area contributed by atoms with Crippen molar-refractivity contribution in [1.29, 1.82) is 0 Å². The van der Waals surface area contributed by atoms with Gasteiger partial charge in [0.1, 0.15) is 92.6 Å². The van der Waals surface area contributed by atoms with Gasteiger partial charge in [-0.2, -0.15) is 0 Å². The molecule has 3 rings (SSSR count). The molecule has 0 aliphatic carbocycles. The van der Waals surface area contributed by atoms with Crippen LogP contribution in [0.2, 0.25) is 0 Å². The van der Waals surface area contributed by atoms with Crippen LogP contribution in [0, 0.1) is 0 Å². The minimum Gasteiger partial charge on any atom is -0.477 e. The van der Waals surface area contributed by atoms with E-state index in [1.54, 1.807) is 0 Å². The predicted molar refractivity (Wildman–Crippen MR) is 208 cm³/mol. The molecule has 32 nitrogen and oxygen atoms in total. The molecule has 0 spiro atoms. The molecule has 0 saturated carbocycles. The average Bonchev–Trinajstić information content (AvgIpc) is 3.30. The number of rotatable bonds is 25. The van der Waals surface area contributed by atoms with Crippen molar-refractivity contribution < 1.29 is 144 Å². The first kappa shape index (κ1) is 58.8. The smallest absolute Gasteiger partial charge is 0.364 e. The summed E-state index contributed by atoms with van der Waals surface area (Å²) >= 11 is 0. The maximum atomic E-state index is 12.9. The molecule has 3 amide bonds. The van der Waals surface area contributed by atoms with Gasteiger partial charge in [-0.15, -0.1) is 0 Å². The van der Waals surface area contributed by atoms with E-state index in [-0.39, 0.29) is 0 Å². The number of carbonyl (C=O) groups excluding carboxylic acids is 3. The Labute approximate surface area is 383 Å². The molecule has 3 aliphatic heterocycles. The number of carboxylic acid groups (broad SMARTS) is 2. The highest BCUT2D eigenvalue weighted by atomic mass is 16.8. The van der Waals surface area contributed by atoms with Crippen molar-refractivity contribution in [3.8, 4) is 0 Å². The summed E-state index contributed by atoms with van der Waals surface area (Å²) < 4.78 is 33.0. The molecule has 21 atom stereocenters. The van der Waals surface area contributed by atoms with E-state index in [2.05, 4.69) is 5.32 Å². The molecule has 0 bridgehead atoms. The quantitative estimate of drug-likeness (QED) is 0.0404. The lowest BCUT2D eigenvalue weighted by Crippen LogP contribution is -2.71. The number of aliphatic carboxylic acids is 2. The second-order valence-corrected chi connectivity index (χ2v) is 16.1. The van der Waals surface area contributed by atoms with E-state index in [0.717, 1.165) is 6.92 Å². The maximum Gasteiger partial charge on any atom is 0.364 e. The summed E-state index contributed by atoms with van der Waals surface area (Å²) in [5.74, 6) is -14.0. The van der Waals surface area contributed by atoms with Crippen molar-refractivity contribution >= 4 is 29.7 Å². The molecule has 32 heteroatoms. The minimum atomic E-state index is -3.30. The van der Waals surface area contributed by atoms with Crippen molar-refractivity contribution in [1.82, 2.24) is 16.0 Å². The molecule has 3 heterocycles. The number of hydrogen-bond acceptors (Lipinski definition) is 27. The number of ether oxygens (including phenoxy) is 6. The van der Waals surface area contributed by atoms with Gasteiger partial charge in [0.05, 0.1) is 63.4 Å². The van der Waals surface area contributed by atoms with Crippen molar-refractivity contribution in [2.24, 2.45) is 0 Å². The standard InChI is InChI=1S/C36H61N3O29/c1-11(46)37-12(4-40)28(25(56)17(51)10-63-35(33(59)60)2-13(47)21(38-19(52)8-44)29(66-35)23(54)15(49)5-41)65-32-27(58)31(26(57)18(7-43)64-32)68-36(34(61)62)3-14(48)22(39-20(53)9-45)30(67-36)24(55)16(50)6-42/h12-18,21-32,40-45,47-51,54-58H,2-10H2,1H3,(H,37,46)(H,38,52)(H,39,53)(H,59,60)(H,61,62)/t12-,13-,14-,15+,16+,17+,18+,21+,22+,23+,24+,25-,26-,27+,28+,29+,30+,31-,32-,35+,36-/m0/s1. The summed E-state index contributed by atoms with van der Waals surface area (Å²) in [7, 11) is 0. The number of aliphatic hydroxyl groups is 16. The van der Waals surface area contributed by atoms with Crippen LogP contribution >= 0.6 is 0 Å². The first-order chi connectivity index (χ1) is 31.8. The Balaban J connectivity index is 2.01. The number of hydrogen-bond donors (Lipinski definition) is 21. The van der Waals surface area contributed by atoms with E-state index in [1.165, 1.54) is 0 Å². The third-order valence-electron chi connectivity index (χ3n) is 11.2. The van der Waals surface area contributed by atoms with Gasteiger partial charge in [-0.25, -0.2) is 9.59 Å². The minimum absolute atomic E-state index is 0.907. The van der Waals surface area contributed by atoms with Crippen molar-refractivity contribution in [2.45, 2.75) is 147 Å². The Morgan fingerprint density at radius 1 is 0.676 bits per heavy atom. The van der Waals surface area contributed by atoms with Gasteiger partial charge >= 0.3 is 11.9 Å². The number of amides is 3. The van der Waals surface area contributed by atoms with Crippen LogP contribution in [0.25, 0.3) is 0 Å². The second kappa shape index (κ2) is 25.5. The summed E-state index contributed by atoms with van der Waals surface area (Å²) in [4.78, 5) is 61.9. The summed E-state index contributed by atoms with van der Waals surface area (Å²) in [6.07, 6.45) is -38.6. The van der Waals surface area contributed by atoms with Crippen molar-refractivity contribution in [3.05, 3.63) is 0 Å². The predicted octanol–water partition coefficient (Wildman–Crippen LogP) is -13.3. The summed E-state index contributed by atoms with van der Waals surface area (Å²) in [5.41, 5.74) is 0. The third-order valence-corrected chi connectivity index (χ3v) is 11.2. The number of carbonyl (C=O) groups is 5. The van der Waals surface area contributed by atoms with Crippen LogP contribution in [0.1, 0.15) is 19.8 Å². The first-order valence-corrected chi connectivity index (χ1v) is 20.6. The highest BCUT2D eigenvalue weighted by Gasteiger charge is 2.61. The molecule has 21 N–H and O–H groups in total. The van der Waals surface area contributed by atoms with Crippen molar-refractivity contribution in [3.63, 3.8) is 0 Å². The summed E-state index contributed by atoms with van der Waals surface area (Å²) in [5, 5.41) is 194. The topological polar surface area (TPSA) is 541 Å². The summed E-state index contributed by atoms with van der Waals surface area (Å²) in [6.45, 7) is -7.59. The van der Waals surface area contributed by atoms with Crippen LogP contribution in [0.3, 0.4) is 0 Å². The third kappa shape index (κ3) is 13.7. The van der Waals surface area contributed by atoms with Crippen LogP contribution in [-0.4, -0.2) is 295 Å². The monoisotopic (exact) mass is 999 g/mol. The number of aliphatic hydroxyl groups excluding tert-OH is 16. The fraction of sp³-hybridized carbons (Fsp3) is 0.861. The molecule has 3 fully saturated rings. The van der Waals surface area contributed by atoms with Crippen LogP contribution in [0.5, 0.6) is 0 Å². The van der Waals surface area contributed by atoms with Gasteiger partial charge in [0.15, 0.2) is 6.29 Å². The SMILES string of the molecule is CC(=O)N[C@@H](CO)[C@@H](O[C@@H]1O[C@H](CO)[C@H](O)[C@H](O[C@]2(C(=O)O)C[C@H](O)[C@@H](NC(=O)CO)[C@H]([C@H](O)[C@H](O)CO)O2)[C@H]1O)[C@@H](O)[C@H](O)CO[C@]1(C(=O)O)C[C@H](O)[C@@H](NC(=O)CO)[C@H]([C@H](O)[C@H](O)CO)O1. The Morgan fingerprint density at radius 3 is 1.56 bits per heavy atom. The highest BCUT2D eigenvalue weighted by Crippen LogP contribution is 2.39. The second-order valence-electron chi connectivity index (χ2n) is 16.1. The number of carboxylic acids is 2. The zero-order valence-electron chi connectivity index (χ0n) is 35.9. The Hall–Kier alpha value is -3.53. The van der Waals surface area contributed by atoms with Crippen LogP contribution < -0.4 is 16.0 Å². The first-order valence-electron chi connectivity index (χ1n) is 20.6. The van der Waals surface area contributed by atoms with Gasteiger partial charge in [0.25, 0.3) is 11.6 Å². The van der Waals surface area contributed by atoms with Crippen LogP contribution in [0.15, 0.2) is 0 Å². The van der Waals surface area contributed by atoms with Crippen molar-refractivity contribution in [2.75, 3.05) is 46.2 Å². The molecule has 0 aromatic heterocycles. The van der Waals surface area contributed by atoms with E-state index in [9.17, 15) is 116 Å². The molecule has 0 radical (unpaired) electrons. The van der Waals surface area contributed by atoms with E-state index in [1.807, 2.05) is 10.6 Å². The summed E-state index contributed by atoms with van der Waals surface area (Å²) in [6, 6.07) is -5.46. The molecular weight excluding hydrogens is 938 g/mol. The van der Waals surface area contributed by atoms with Gasteiger partial charge in [-0.05, 0) is 0 Å². The molecule has 3 aliphatic rings. The van der Waals surface area contributed by atoms with Crippen LogP contribution in [0.4, 0.5) is 0 Å². The molecule has 0 aromatic carbocycles. The van der Waals surface area contributed by atoms with Gasteiger partial charge in [-0.3, -0.25) is 14.4 Å². The molecule has 0 aromatic rings. The molecular formula is C36H61N3O29. The van der Waals surface area contributed by atoms with E-state index >= 15 is 0 Å².